The summed E-state index contributed by atoms with van der Waals surface area (Å²) in [7, 11) is 1.76. The molecule has 0 spiro atoms. The minimum Gasteiger partial charge on any atom is -0.396 e. The molecule has 5 nitrogen and oxygen atoms in total. The minimum absolute atomic E-state index is 0.125. The molecule has 1 heterocycles. The van der Waals surface area contributed by atoms with Crippen molar-refractivity contribution in [3.8, 4) is 0 Å². The van der Waals surface area contributed by atoms with Crippen molar-refractivity contribution < 1.29 is 9.90 Å². The van der Waals surface area contributed by atoms with Crippen molar-refractivity contribution in [2.24, 2.45) is 12.5 Å². The molecule has 1 aromatic heterocycles. The van der Waals surface area contributed by atoms with Crippen molar-refractivity contribution in [1.29, 1.82) is 0 Å². The van der Waals surface area contributed by atoms with E-state index in [1.54, 1.807) is 17.8 Å². The normalized spacial score (nSPS) is 16.6. The van der Waals surface area contributed by atoms with Crippen molar-refractivity contribution >= 4 is 23.6 Å². The SMILES string of the molecule is Cc1nn(C)c(Cl)c1/C=C/C(=O)NCC1(CCO)CC1. The molecule has 0 aliphatic heterocycles. The first-order chi connectivity index (χ1) is 9.47. The van der Waals surface area contributed by atoms with Gasteiger partial charge in [-0.1, -0.05) is 11.6 Å². The van der Waals surface area contributed by atoms with Gasteiger partial charge < -0.3 is 10.4 Å². The quantitative estimate of drug-likeness (QED) is 0.785. The van der Waals surface area contributed by atoms with Crippen LogP contribution in [0.3, 0.4) is 0 Å². The van der Waals surface area contributed by atoms with E-state index in [0.29, 0.717) is 11.7 Å². The average Bonchev–Trinajstić information content (AvgIpc) is 3.11. The molecule has 2 N–H and O–H groups in total. The molecule has 0 atom stereocenters. The highest BCUT2D eigenvalue weighted by Gasteiger charge is 2.41. The van der Waals surface area contributed by atoms with E-state index in [-0.39, 0.29) is 17.9 Å². The zero-order chi connectivity index (χ0) is 14.8. The molecule has 1 aliphatic carbocycles. The van der Waals surface area contributed by atoms with Crippen LogP contribution in [-0.2, 0) is 11.8 Å². The van der Waals surface area contributed by atoms with E-state index in [0.717, 1.165) is 30.5 Å². The van der Waals surface area contributed by atoms with Crippen LogP contribution < -0.4 is 5.32 Å². The minimum atomic E-state index is -0.145. The number of aliphatic hydroxyl groups is 1. The number of aromatic nitrogens is 2. The average molecular weight is 298 g/mol. The van der Waals surface area contributed by atoms with Gasteiger partial charge >= 0.3 is 0 Å². The van der Waals surface area contributed by atoms with Gasteiger partial charge in [-0.05, 0) is 37.7 Å². The highest BCUT2D eigenvalue weighted by Crippen LogP contribution is 2.47. The van der Waals surface area contributed by atoms with Crippen LogP contribution in [0.4, 0.5) is 0 Å². The van der Waals surface area contributed by atoms with Crippen LogP contribution in [-0.4, -0.2) is 33.9 Å². The zero-order valence-corrected chi connectivity index (χ0v) is 12.6. The van der Waals surface area contributed by atoms with Gasteiger partial charge in [-0.25, -0.2) is 0 Å². The van der Waals surface area contributed by atoms with Gasteiger partial charge in [0.1, 0.15) is 5.15 Å². The maximum absolute atomic E-state index is 11.8. The Bertz CT molecular complexity index is 533. The van der Waals surface area contributed by atoms with E-state index < -0.39 is 0 Å². The Morgan fingerprint density at radius 3 is 2.80 bits per heavy atom. The predicted molar refractivity (Wildman–Crippen MR) is 78.4 cm³/mol. The number of carbonyl (C=O) groups is 1. The first-order valence-electron chi connectivity index (χ1n) is 6.73. The molecule has 1 aliphatic rings. The lowest BCUT2D eigenvalue weighted by Gasteiger charge is -2.13. The van der Waals surface area contributed by atoms with Gasteiger partial charge in [0.15, 0.2) is 0 Å². The van der Waals surface area contributed by atoms with Gasteiger partial charge in [0.05, 0.1) is 5.69 Å². The molecule has 0 aromatic carbocycles. The molecule has 1 amide bonds. The Morgan fingerprint density at radius 1 is 1.60 bits per heavy atom. The second kappa shape index (κ2) is 5.97. The lowest BCUT2D eigenvalue weighted by atomic mass is 10.0. The smallest absolute Gasteiger partial charge is 0.244 e. The van der Waals surface area contributed by atoms with Gasteiger partial charge in [0.2, 0.25) is 5.91 Å². The van der Waals surface area contributed by atoms with Crippen molar-refractivity contribution in [1.82, 2.24) is 15.1 Å². The molecule has 0 bridgehead atoms. The summed E-state index contributed by atoms with van der Waals surface area (Å²) in [6, 6.07) is 0. The number of aryl methyl sites for hydroxylation is 2. The first kappa shape index (κ1) is 15.1. The van der Waals surface area contributed by atoms with Crippen LogP contribution >= 0.6 is 11.6 Å². The summed E-state index contributed by atoms with van der Waals surface area (Å²) in [6.07, 6.45) is 6.07. The number of aliphatic hydroxyl groups excluding tert-OH is 1. The summed E-state index contributed by atoms with van der Waals surface area (Å²) in [4.78, 5) is 11.8. The molecule has 0 saturated heterocycles. The van der Waals surface area contributed by atoms with E-state index in [4.69, 9.17) is 16.7 Å². The molecule has 110 valence electrons. The van der Waals surface area contributed by atoms with E-state index >= 15 is 0 Å². The van der Waals surface area contributed by atoms with Crippen molar-refractivity contribution in [2.45, 2.75) is 26.2 Å². The Balaban J connectivity index is 1.90. The Hall–Kier alpha value is -1.33. The molecule has 1 aromatic rings. The Labute approximate surface area is 123 Å². The number of hydrogen-bond donors (Lipinski definition) is 2. The molecule has 6 heteroatoms. The molecule has 1 fully saturated rings. The predicted octanol–water partition coefficient (Wildman–Crippen LogP) is 1.67. The summed E-state index contributed by atoms with van der Waals surface area (Å²) < 4.78 is 1.58. The van der Waals surface area contributed by atoms with Crippen LogP contribution in [0.1, 0.15) is 30.5 Å². The third-order valence-corrected chi connectivity index (χ3v) is 4.28. The fourth-order valence-corrected chi connectivity index (χ4v) is 2.49. The fourth-order valence-electron chi connectivity index (χ4n) is 2.26. The summed E-state index contributed by atoms with van der Waals surface area (Å²) in [5.74, 6) is -0.145. The Kier molecular flexibility index (Phi) is 4.50. The second-order valence-electron chi connectivity index (χ2n) is 5.44. The van der Waals surface area contributed by atoms with Crippen LogP contribution in [0.2, 0.25) is 5.15 Å². The molecular formula is C14H20ClN3O2. The second-order valence-corrected chi connectivity index (χ2v) is 5.80. The molecular weight excluding hydrogens is 278 g/mol. The van der Waals surface area contributed by atoms with Crippen LogP contribution in [0.25, 0.3) is 6.08 Å². The number of carbonyl (C=O) groups excluding carboxylic acids is 1. The molecule has 2 rings (SSSR count). The van der Waals surface area contributed by atoms with Gasteiger partial charge in [0, 0.05) is 31.8 Å². The van der Waals surface area contributed by atoms with E-state index in [9.17, 15) is 4.79 Å². The number of nitrogens with zero attached hydrogens (tertiary/aromatic N) is 2. The number of amides is 1. The lowest BCUT2D eigenvalue weighted by Crippen LogP contribution is -2.29. The molecule has 0 unspecified atom stereocenters. The van der Waals surface area contributed by atoms with Crippen LogP contribution in [0.15, 0.2) is 6.08 Å². The maximum Gasteiger partial charge on any atom is 0.244 e. The monoisotopic (exact) mass is 297 g/mol. The molecule has 1 saturated carbocycles. The van der Waals surface area contributed by atoms with Crippen molar-refractivity contribution in [3.05, 3.63) is 22.5 Å². The summed E-state index contributed by atoms with van der Waals surface area (Å²) >= 11 is 6.09. The Morgan fingerprint density at radius 2 is 2.30 bits per heavy atom. The third kappa shape index (κ3) is 3.41. The number of nitrogens with one attached hydrogen (secondary N) is 1. The highest BCUT2D eigenvalue weighted by molar-refractivity contribution is 6.31. The molecule has 0 radical (unpaired) electrons. The van der Waals surface area contributed by atoms with Gasteiger partial charge in [-0.3, -0.25) is 9.48 Å². The van der Waals surface area contributed by atoms with Crippen LogP contribution in [0, 0.1) is 12.3 Å². The summed E-state index contributed by atoms with van der Waals surface area (Å²) in [5.41, 5.74) is 1.68. The maximum atomic E-state index is 11.8. The number of halogens is 1. The largest absolute Gasteiger partial charge is 0.396 e. The zero-order valence-electron chi connectivity index (χ0n) is 11.8. The number of rotatable bonds is 6. The van der Waals surface area contributed by atoms with Gasteiger partial charge in [-0.15, -0.1) is 0 Å². The fraction of sp³-hybridized carbons (Fsp3) is 0.571. The molecule has 20 heavy (non-hydrogen) atoms. The lowest BCUT2D eigenvalue weighted by molar-refractivity contribution is -0.116. The standard InChI is InChI=1S/C14H20ClN3O2/c1-10-11(13(15)18(2)17-10)3-4-12(20)16-9-14(5-6-14)7-8-19/h3-4,19H,5-9H2,1-2H3,(H,16,20)/b4-3+. The van der Waals surface area contributed by atoms with Gasteiger partial charge in [-0.2, -0.15) is 5.10 Å². The van der Waals surface area contributed by atoms with E-state index in [2.05, 4.69) is 10.4 Å². The number of hydrogen-bond acceptors (Lipinski definition) is 3. The van der Waals surface area contributed by atoms with E-state index in [1.807, 2.05) is 6.92 Å². The third-order valence-electron chi connectivity index (χ3n) is 3.83. The highest BCUT2D eigenvalue weighted by atomic mass is 35.5. The van der Waals surface area contributed by atoms with Crippen molar-refractivity contribution in [3.63, 3.8) is 0 Å². The van der Waals surface area contributed by atoms with Gasteiger partial charge in [0.25, 0.3) is 0 Å². The van der Waals surface area contributed by atoms with E-state index in [1.165, 1.54) is 6.08 Å². The summed E-state index contributed by atoms with van der Waals surface area (Å²) in [6.45, 7) is 2.65. The first-order valence-corrected chi connectivity index (χ1v) is 7.11. The van der Waals surface area contributed by atoms with Crippen LogP contribution in [0.5, 0.6) is 0 Å². The van der Waals surface area contributed by atoms with Crippen molar-refractivity contribution in [2.75, 3.05) is 13.2 Å². The summed E-state index contributed by atoms with van der Waals surface area (Å²) in [5, 5.41) is 16.6. The topological polar surface area (TPSA) is 67.2 Å².